The van der Waals surface area contributed by atoms with Gasteiger partial charge in [0, 0.05) is 9.99 Å². The number of urea groups is 1. The molecule has 0 bridgehead atoms. The Morgan fingerprint density at radius 2 is 1.78 bits per heavy atom. The van der Waals surface area contributed by atoms with E-state index in [1.165, 1.54) is 4.90 Å². The van der Waals surface area contributed by atoms with Crippen molar-refractivity contribution >= 4 is 45.6 Å². The molecule has 10 heteroatoms. The molecule has 4 aromatic rings. The van der Waals surface area contributed by atoms with E-state index < -0.39 is 18.1 Å². The highest BCUT2D eigenvalue weighted by molar-refractivity contribution is 14.1. The molecule has 37 heavy (non-hydrogen) atoms. The third kappa shape index (κ3) is 5.25. The quantitative estimate of drug-likeness (QED) is 0.194. The number of rotatable bonds is 9. The van der Waals surface area contributed by atoms with E-state index >= 15 is 0 Å². The molecular weight excluding hydrogens is 587 g/mol. The summed E-state index contributed by atoms with van der Waals surface area (Å²) in [6, 6.07) is 18.3. The minimum atomic E-state index is -0.830. The van der Waals surface area contributed by atoms with Gasteiger partial charge in [-0.25, -0.2) is 9.78 Å². The molecule has 0 radical (unpaired) electrons. The van der Waals surface area contributed by atoms with E-state index in [0.29, 0.717) is 23.6 Å². The number of imidazole rings is 1. The average molecular weight is 612 g/mol. The Morgan fingerprint density at radius 3 is 2.49 bits per heavy atom. The number of aliphatic hydroxyl groups is 1. The van der Waals surface area contributed by atoms with E-state index in [-0.39, 0.29) is 19.1 Å². The van der Waals surface area contributed by atoms with Gasteiger partial charge in [0.2, 0.25) is 0 Å². The van der Waals surface area contributed by atoms with Gasteiger partial charge in [-0.3, -0.25) is 9.69 Å². The number of imide groups is 1. The highest BCUT2D eigenvalue weighted by Crippen LogP contribution is 2.33. The molecule has 1 aliphatic heterocycles. The zero-order valence-corrected chi connectivity index (χ0v) is 22.1. The van der Waals surface area contributed by atoms with Gasteiger partial charge >= 0.3 is 6.03 Å². The predicted molar refractivity (Wildman–Crippen MR) is 145 cm³/mol. The summed E-state index contributed by atoms with van der Waals surface area (Å²) in [5.74, 6) is 1.47. The van der Waals surface area contributed by atoms with Crippen molar-refractivity contribution in [2.45, 2.75) is 18.5 Å². The molecule has 0 aliphatic carbocycles. The van der Waals surface area contributed by atoms with Crippen molar-refractivity contribution < 1.29 is 24.2 Å². The Hall–Kier alpha value is -3.64. The fourth-order valence-electron chi connectivity index (χ4n) is 4.39. The molecule has 2 heterocycles. The number of carbonyl (C=O) groups is 2. The average Bonchev–Trinajstić information content (AvgIpc) is 3.46. The molecule has 2 atom stereocenters. The van der Waals surface area contributed by atoms with Crippen LogP contribution in [0.15, 0.2) is 66.7 Å². The first kappa shape index (κ1) is 25.0. The van der Waals surface area contributed by atoms with Crippen LogP contribution < -0.4 is 14.8 Å². The molecule has 1 fully saturated rings. The lowest BCUT2D eigenvalue weighted by molar-refractivity contribution is -0.129. The summed E-state index contributed by atoms with van der Waals surface area (Å²) in [5.41, 5.74) is 3.16. The molecule has 3 amide bonds. The van der Waals surface area contributed by atoms with Gasteiger partial charge in [-0.1, -0.05) is 24.3 Å². The minimum Gasteiger partial charge on any atom is -0.497 e. The first-order valence-corrected chi connectivity index (χ1v) is 12.8. The minimum absolute atomic E-state index is 0.0929. The zero-order valence-electron chi connectivity index (χ0n) is 20.0. The number of aliphatic hydroxyl groups excluding tert-OH is 1. The standard InChI is InChI=1S/C27H25IN4O5/c1-36-19-7-2-16(3-8-19)14-23(25-29-21-11-6-18(28)15-22(21)30-25)32-26(34)24(31-27(32)35)17-4-9-20(10-5-17)37-13-12-33/h2-11,15,23-24,33H,12-14H2,1H3,(H,29,30)(H,31,35)/t23-,24?/m0/s1. The lowest BCUT2D eigenvalue weighted by Gasteiger charge is -2.24. The number of hydrogen-bond acceptors (Lipinski definition) is 6. The van der Waals surface area contributed by atoms with Crippen LogP contribution in [0, 0.1) is 3.57 Å². The van der Waals surface area contributed by atoms with Crippen molar-refractivity contribution in [2.75, 3.05) is 20.3 Å². The number of aromatic amines is 1. The molecule has 1 aliphatic rings. The van der Waals surface area contributed by atoms with Crippen LogP contribution in [-0.4, -0.2) is 52.2 Å². The van der Waals surface area contributed by atoms with E-state index in [1.807, 2.05) is 42.5 Å². The van der Waals surface area contributed by atoms with Crippen molar-refractivity contribution in [1.29, 1.82) is 0 Å². The van der Waals surface area contributed by atoms with Crippen LogP contribution in [0.5, 0.6) is 11.5 Å². The molecule has 0 spiro atoms. The Bertz CT molecular complexity index is 1420. The monoisotopic (exact) mass is 612 g/mol. The van der Waals surface area contributed by atoms with E-state index in [4.69, 9.17) is 19.6 Å². The summed E-state index contributed by atoms with van der Waals surface area (Å²) in [5, 5.41) is 11.8. The number of nitrogens with one attached hydrogen (secondary N) is 2. The van der Waals surface area contributed by atoms with Crippen molar-refractivity contribution in [1.82, 2.24) is 20.2 Å². The number of methoxy groups -OCH3 is 1. The van der Waals surface area contributed by atoms with Crippen LogP contribution >= 0.6 is 22.6 Å². The normalized spacial score (nSPS) is 16.2. The number of fused-ring (bicyclic) bond motifs is 1. The molecule has 5 rings (SSSR count). The summed E-state index contributed by atoms with van der Waals surface area (Å²) >= 11 is 2.23. The van der Waals surface area contributed by atoms with E-state index in [2.05, 4.69) is 32.9 Å². The molecule has 1 saturated heterocycles. The third-order valence-electron chi connectivity index (χ3n) is 6.22. The largest absolute Gasteiger partial charge is 0.497 e. The van der Waals surface area contributed by atoms with Crippen molar-refractivity contribution in [3.63, 3.8) is 0 Å². The van der Waals surface area contributed by atoms with Crippen LogP contribution in [0.3, 0.4) is 0 Å². The molecule has 3 aromatic carbocycles. The second kappa shape index (κ2) is 10.8. The maximum Gasteiger partial charge on any atom is 0.325 e. The number of amides is 3. The second-order valence-electron chi connectivity index (χ2n) is 8.58. The van der Waals surface area contributed by atoms with Gasteiger partial charge in [0.05, 0.1) is 24.8 Å². The number of benzene rings is 3. The van der Waals surface area contributed by atoms with Gasteiger partial charge < -0.3 is 24.9 Å². The molecule has 3 N–H and O–H groups in total. The Kier molecular flexibility index (Phi) is 7.28. The van der Waals surface area contributed by atoms with Crippen LogP contribution in [0.1, 0.15) is 29.0 Å². The Balaban J connectivity index is 1.48. The summed E-state index contributed by atoms with van der Waals surface area (Å²) in [6.45, 7) is 0.0835. The molecule has 9 nitrogen and oxygen atoms in total. The number of H-pyrrole nitrogens is 1. The first-order valence-electron chi connectivity index (χ1n) is 11.7. The number of nitrogens with zero attached hydrogens (tertiary/aromatic N) is 2. The fraction of sp³-hybridized carbons (Fsp3) is 0.222. The Labute approximate surface area is 226 Å². The maximum absolute atomic E-state index is 13.7. The van der Waals surface area contributed by atoms with Crippen LogP contribution in [0.25, 0.3) is 11.0 Å². The topological polar surface area (TPSA) is 117 Å². The first-order chi connectivity index (χ1) is 18.0. The maximum atomic E-state index is 13.7. The highest BCUT2D eigenvalue weighted by Gasteiger charge is 2.44. The van der Waals surface area contributed by atoms with E-state index in [1.54, 1.807) is 31.4 Å². The summed E-state index contributed by atoms with van der Waals surface area (Å²) in [4.78, 5) is 36.2. The van der Waals surface area contributed by atoms with Gasteiger partial charge in [0.15, 0.2) is 0 Å². The Morgan fingerprint density at radius 1 is 1.05 bits per heavy atom. The lowest BCUT2D eigenvalue weighted by atomic mass is 10.0. The van der Waals surface area contributed by atoms with Gasteiger partial charge in [-0.2, -0.15) is 0 Å². The predicted octanol–water partition coefficient (Wildman–Crippen LogP) is 4.12. The highest BCUT2D eigenvalue weighted by atomic mass is 127. The zero-order chi connectivity index (χ0) is 25.9. The smallest absolute Gasteiger partial charge is 0.325 e. The second-order valence-corrected chi connectivity index (χ2v) is 9.83. The lowest BCUT2D eigenvalue weighted by Crippen LogP contribution is -2.36. The van der Waals surface area contributed by atoms with E-state index in [9.17, 15) is 9.59 Å². The van der Waals surface area contributed by atoms with Crippen LogP contribution in [-0.2, 0) is 11.2 Å². The van der Waals surface area contributed by atoms with E-state index in [0.717, 1.165) is 25.9 Å². The molecule has 1 unspecified atom stereocenters. The molecule has 190 valence electrons. The number of ether oxygens (including phenoxy) is 2. The number of hydrogen-bond donors (Lipinski definition) is 3. The van der Waals surface area contributed by atoms with Crippen LogP contribution in [0.2, 0.25) is 0 Å². The van der Waals surface area contributed by atoms with Crippen molar-refractivity contribution in [3.05, 3.63) is 87.3 Å². The third-order valence-corrected chi connectivity index (χ3v) is 6.89. The summed E-state index contributed by atoms with van der Waals surface area (Å²) in [6.07, 6.45) is 0.376. The summed E-state index contributed by atoms with van der Waals surface area (Å²) < 4.78 is 11.7. The van der Waals surface area contributed by atoms with Gasteiger partial charge in [0.1, 0.15) is 36.0 Å². The molecule has 0 saturated carbocycles. The molecular formula is C27H25IN4O5. The van der Waals surface area contributed by atoms with Gasteiger partial charge in [0.25, 0.3) is 5.91 Å². The fourth-order valence-corrected chi connectivity index (χ4v) is 4.86. The van der Waals surface area contributed by atoms with Gasteiger partial charge in [-0.15, -0.1) is 0 Å². The van der Waals surface area contributed by atoms with Gasteiger partial charge in [-0.05, 0) is 76.2 Å². The number of carbonyl (C=O) groups excluding carboxylic acids is 2. The number of halogens is 1. The summed E-state index contributed by atoms with van der Waals surface area (Å²) in [7, 11) is 1.60. The molecule has 1 aromatic heterocycles. The van der Waals surface area contributed by atoms with Crippen LogP contribution in [0.4, 0.5) is 4.79 Å². The van der Waals surface area contributed by atoms with Crippen molar-refractivity contribution in [3.8, 4) is 11.5 Å². The van der Waals surface area contributed by atoms with Crippen molar-refractivity contribution in [2.24, 2.45) is 0 Å². The SMILES string of the molecule is COc1ccc(C[C@@H](c2nc3cc(I)ccc3[nH]2)N2C(=O)NC(c3ccc(OCCO)cc3)C2=O)cc1. The number of aromatic nitrogens is 2.